The van der Waals surface area contributed by atoms with E-state index in [9.17, 15) is 14.4 Å². The number of nitrogens with zero attached hydrogens (tertiary/aromatic N) is 4. The Morgan fingerprint density at radius 1 is 1.02 bits per heavy atom. The van der Waals surface area contributed by atoms with Crippen molar-refractivity contribution >= 4 is 17.5 Å². The molecule has 0 spiro atoms. The summed E-state index contributed by atoms with van der Waals surface area (Å²) in [5.74, 6) is 0.323. The Bertz CT molecular complexity index is 1450. The predicted octanol–water partition coefficient (Wildman–Crippen LogP) is 5.10. The fourth-order valence-electron chi connectivity index (χ4n) is 3.93. The molecule has 0 bridgehead atoms. The molecule has 0 unspecified atom stereocenters. The number of ether oxygens (including phenoxy) is 1. The number of nitriles is 1. The molecule has 10 heteroatoms. The average molecular weight is 540 g/mol. The first-order valence-electron chi connectivity index (χ1n) is 12.8. The Morgan fingerprint density at radius 2 is 1.80 bits per heavy atom. The van der Waals surface area contributed by atoms with Crippen LogP contribution < -0.4 is 16.0 Å². The first-order chi connectivity index (χ1) is 19.5. The van der Waals surface area contributed by atoms with Crippen molar-refractivity contribution in [3.05, 3.63) is 101 Å². The summed E-state index contributed by atoms with van der Waals surface area (Å²) >= 11 is 0. The topological polar surface area (TPSA) is 125 Å². The van der Waals surface area contributed by atoms with E-state index in [1.54, 1.807) is 38.6 Å². The molecule has 2 aromatic carbocycles. The van der Waals surface area contributed by atoms with Crippen LogP contribution in [0.1, 0.15) is 46.4 Å². The second-order valence-corrected chi connectivity index (χ2v) is 9.09. The Balaban J connectivity index is 1.39. The summed E-state index contributed by atoms with van der Waals surface area (Å²) in [4.78, 5) is 26.3. The highest BCUT2D eigenvalue weighted by Gasteiger charge is 2.17. The summed E-state index contributed by atoms with van der Waals surface area (Å²) in [5, 5.41) is 18.6. The highest BCUT2D eigenvalue weighted by Crippen LogP contribution is 2.21. The monoisotopic (exact) mass is 539 g/mol. The predicted molar refractivity (Wildman–Crippen MR) is 151 cm³/mol. The molecule has 1 amide bonds. The van der Waals surface area contributed by atoms with Crippen molar-refractivity contribution in [2.45, 2.75) is 25.9 Å². The van der Waals surface area contributed by atoms with Gasteiger partial charge in [0.25, 0.3) is 5.91 Å². The highest BCUT2D eigenvalue weighted by atomic mass is 19.1. The van der Waals surface area contributed by atoms with Gasteiger partial charge in [0, 0.05) is 38.6 Å². The number of halogens is 1. The van der Waals surface area contributed by atoms with Crippen LogP contribution in [0.3, 0.4) is 0 Å². The summed E-state index contributed by atoms with van der Waals surface area (Å²) in [6.45, 7) is 3.66. The third-order valence-electron chi connectivity index (χ3n) is 6.17. The van der Waals surface area contributed by atoms with E-state index >= 15 is 0 Å². The maximum Gasteiger partial charge on any atom is 0.255 e. The minimum Gasteiger partial charge on any atom is -0.385 e. The van der Waals surface area contributed by atoms with Crippen LogP contribution in [0.25, 0.3) is 11.3 Å². The standard InChI is InChI=1S/C30H30FN7O2/c1-20(23-8-10-25(31)11-9-23)38-30(39)26-14-22(15-32)17-37-29(26)36-16-21-4-6-24(7-5-21)27-18-35-28(19-34-27)33-12-3-13-40-2/h4-11,14,17-20H,3,12-13,16H2,1-2H3,(H,33,35)(H,36,37)(H,38,39)/t20-/m0/s1. The molecule has 4 rings (SSSR count). The van der Waals surface area contributed by atoms with Crippen LogP contribution in [0, 0.1) is 17.1 Å². The molecule has 1 atom stereocenters. The van der Waals surface area contributed by atoms with E-state index in [0.29, 0.717) is 24.8 Å². The van der Waals surface area contributed by atoms with Crippen molar-refractivity contribution in [2.24, 2.45) is 0 Å². The lowest BCUT2D eigenvalue weighted by Crippen LogP contribution is -2.28. The van der Waals surface area contributed by atoms with E-state index < -0.39 is 5.91 Å². The summed E-state index contributed by atoms with van der Waals surface area (Å²) in [6, 6.07) is 16.9. The number of carbonyl (C=O) groups excluding carboxylic acids is 1. The number of aromatic nitrogens is 3. The SMILES string of the molecule is COCCCNc1cnc(-c2ccc(CNc3ncc(C#N)cc3C(=O)N[C@@H](C)c3ccc(F)cc3)cc2)cn1. The van der Waals surface area contributed by atoms with Crippen molar-refractivity contribution in [3.8, 4) is 17.3 Å². The van der Waals surface area contributed by atoms with Crippen molar-refractivity contribution < 1.29 is 13.9 Å². The maximum absolute atomic E-state index is 13.3. The Morgan fingerprint density at radius 3 is 2.48 bits per heavy atom. The molecule has 0 aliphatic rings. The van der Waals surface area contributed by atoms with Gasteiger partial charge in [-0.25, -0.2) is 14.4 Å². The molecular formula is C30H30FN7O2. The van der Waals surface area contributed by atoms with Crippen molar-refractivity contribution in [1.29, 1.82) is 5.26 Å². The minimum atomic E-state index is -0.394. The Kier molecular flexibility index (Phi) is 9.69. The second kappa shape index (κ2) is 13.8. The largest absolute Gasteiger partial charge is 0.385 e. The van der Waals surface area contributed by atoms with Gasteiger partial charge in [-0.2, -0.15) is 5.26 Å². The molecule has 204 valence electrons. The van der Waals surface area contributed by atoms with Crippen molar-refractivity contribution in [3.63, 3.8) is 0 Å². The molecule has 2 aromatic heterocycles. The lowest BCUT2D eigenvalue weighted by Gasteiger charge is -2.16. The number of nitrogens with one attached hydrogen (secondary N) is 3. The molecule has 4 aromatic rings. The second-order valence-electron chi connectivity index (χ2n) is 9.09. The number of hydrogen-bond donors (Lipinski definition) is 3. The number of methoxy groups -OCH3 is 1. The number of pyridine rings is 1. The van der Waals surface area contributed by atoms with Gasteiger partial charge in [-0.15, -0.1) is 0 Å². The summed E-state index contributed by atoms with van der Waals surface area (Å²) < 4.78 is 18.3. The number of hydrogen-bond acceptors (Lipinski definition) is 8. The van der Waals surface area contributed by atoms with E-state index in [2.05, 4.69) is 30.9 Å². The lowest BCUT2D eigenvalue weighted by molar-refractivity contribution is 0.0940. The van der Waals surface area contributed by atoms with Gasteiger partial charge < -0.3 is 20.7 Å². The third kappa shape index (κ3) is 7.58. The van der Waals surface area contributed by atoms with Crippen molar-refractivity contribution in [2.75, 3.05) is 30.9 Å². The van der Waals surface area contributed by atoms with Crippen LogP contribution in [-0.2, 0) is 11.3 Å². The summed E-state index contributed by atoms with van der Waals surface area (Å²) in [5.41, 5.74) is 3.91. The zero-order valence-corrected chi connectivity index (χ0v) is 22.3. The molecule has 40 heavy (non-hydrogen) atoms. The van der Waals surface area contributed by atoms with E-state index in [4.69, 9.17) is 4.74 Å². The van der Waals surface area contributed by atoms with Gasteiger partial charge in [0.15, 0.2) is 0 Å². The molecule has 0 aliphatic carbocycles. The summed E-state index contributed by atoms with van der Waals surface area (Å²) in [7, 11) is 1.68. The van der Waals surface area contributed by atoms with Crippen LogP contribution in [0.5, 0.6) is 0 Å². The molecule has 0 fully saturated rings. The number of amides is 1. The molecule has 3 N–H and O–H groups in total. The van der Waals surface area contributed by atoms with E-state index in [0.717, 1.165) is 35.3 Å². The van der Waals surface area contributed by atoms with Crippen LogP contribution in [0.2, 0.25) is 0 Å². The lowest BCUT2D eigenvalue weighted by atomic mass is 10.1. The van der Waals surface area contributed by atoms with Gasteiger partial charge in [0.1, 0.15) is 23.5 Å². The fourth-order valence-corrected chi connectivity index (χ4v) is 3.93. The van der Waals surface area contributed by atoms with E-state index in [1.807, 2.05) is 30.3 Å². The van der Waals surface area contributed by atoms with Crippen molar-refractivity contribution in [1.82, 2.24) is 20.3 Å². The molecule has 0 saturated heterocycles. The zero-order chi connectivity index (χ0) is 28.3. The summed E-state index contributed by atoms with van der Waals surface area (Å²) in [6.07, 6.45) is 5.73. The molecule has 0 saturated carbocycles. The molecule has 2 heterocycles. The van der Waals surface area contributed by atoms with E-state index in [1.165, 1.54) is 24.4 Å². The van der Waals surface area contributed by atoms with Crippen LogP contribution in [0.15, 0.2) is 73.2 Å². The maximum atomic E-state index is 13.3. The number of benzene rings is 2. The van der Waals surface area contributed by atoms with Crippen LogP contribution in [0.4, 0.5) is 16.0 Å². The first kappa shape index (κ1) is 28.1. The van der Waals surface area contributed by atoms with Gasteiger partial charge in [-0.05, 0) is 42.7 Å². The van der Waals surface area contributed by atoms with Gasteiger partial charge in [-0.3, -0.25) is 9.78 Å². The van der Waals surface area contributed by atoms with Gasteiger partial charge in [0.2, 0.25) is 0 Å². The molecule has 9 nitrogen and oxygen atoms in total. The average Bonchev–Trinajstić information content (AvgIpc) is 2.99. The van der Waals surface area contributed by atoms with Crippen LogP contribution >= 0.6 is 0 Å². The van der Waals surface area contributed by atoms with E-state index in [-0.39, 0.29) is 23.0 Å². The fraction of sp³-hybridized carbons (Fsp3) is 0.233. The number of rotatable bonds is 12. The molecule has 0 aliphatic heterocycles. The van der Waals surface area contributed by atoms with Gasteiger partial charge >= 0.3 is 0 Å². The van der Waals surface area contributed by atoms with Gasteiger partial charge in [-0.1, -0.05) is 36.4 Å². The van der Waals surface area contributed by atoms with Crippen LogP contribution in [-0.4, -0.2) is 41.1 Å². The highest BCUT2D eigenvalue weighted by molar-refractivity contribution is 5.99. The molecule has 0 radical (unpaired) electrons. The number of anilines is 2. The normalized spacial score (nSPS) is 11.3. The first-order valence-corrected chi connectivity index (χ1v) is 12.8. The zero-order valence-electron chi connectivity index (χ0n) is 22.3. The number of carbonyl (C=O) groups is 1. The van der Waals surface area contributed by atoms with Gasteiger partial charge in [0.05, 0.1) is 35.3 Å². The quantitative estimate of drug-likeness (QED) is 0.212. The Labute approximate surface area is 232 Å². The third-order valence-corrected chi connectivity index (χ3v) is 6.17. The minimum absolute atomic E-state index is 0.246. The Hall–Kier alpha value is -4.88. The molecular weight excluding hydrogens is 509 g/mol. The smallest absolute Gasteiger partial charge is 0.255 e.